The number of piperidine rings is 1. The van der Waals surface area contributed by atoms with E-state index in [1.54, 1.807) is 10.7 Å². The summed E-state index contributed by atoms with van der Waals surface area (Å²) in [4.78, 5) is 13.9. The van der Waals surface area contributed by atoms with Crippen molar-refractivity contribution in [2.75, 3.05) is 18.6 Å². The second-order valence-corrected chi connectivity index (χ2v) is 5.82. The van der Waals surface area contributed by atoms with E-state index < -0.39 is 5.54 Å². The number of fused-ring (bicyclic) bond motifs is 1. The highest BCUT2D eigenvalue weighted by atomic mass is 16.5. The number of aromatic nitrogens is 2. The Balaban J connectivity index is 2.03. The average Bonchev–Trinajstić information content (AvgIpc) is 2.98. The fourth-order valence-electron chi connectivity index (χ4n) is 3.07. The Labute approximate surface area is 128 Å². The summed E-state index contributed by atoms with van der Waals surface area (Å²) in [6, 6.07) is 8.20. The molecular weight excluding hydrogens is 280 g/mol. The number of hydrogen-bond donors (Lipinski definition) is 0. The number of rotatable bonds is 2. The molecule has 1 fully saturated rings. The third-order valence-electron chi connectivity index (χ3n) is 4.45. The van der Waals surface area contributed by atoms with Gasteiger partial charge in [0.2, 0.25) is 0 Å². The molecule has 2 atom stereocenters. The van der Waals surface area contributed by atoms with E-state index in [0.29, 0.717) is 19.4 Å². The Bertz CT molecular complexity index is 748. The molecule has 0 unspecified atom stereocenters. The highest BCUT2D eigenvalue weighted by Crippen LogP contribution is 2.37. The first-order valence-corrected chi connectivity index (χ1v) is 7.28. The maximum absolute atomic E-state index is 11.9. The Morgan fingerprint density at radius 2 is 2.36 bits per heavy atom. The van der Waals surface area contributed by atoms with E-state index in [1.807, 2.05) is 36.2 Å². The fourth-order valence-corrected chi connectivity index (χ4v) is 3.07. The molecule has 0 bridgehead atoms. The Hall–Kier alpha value is -2.55. The van der Waals surface area contributed by atoms with Gasteiger partial charge < -0.3 is 9.64 Å². The molecule has 3 rings (SSSR count). The molecule has 1 aliphatic rings. The number of esters is 1. The predicted molar refractivity (Wildman–Crippen MR) is 81.3 cm³/mol. The van der Waals surface area contributed by atoms with Gasteiger partial charge in [-0.25, -0.2) is 4.52 Å². The third-order valence-corrected chi connectivity index (χ3v) is 4.45. The summed E-state index contributed by atoms with van der Waals surface area (Å²) in [7, 11) is 1.40. The lowest BCUT2D eigenvalue weighted by atomic mass is 9.84. The zero-order valence-electron chi connectivity index (χ0n) is 12.7. The van der Waals surface area contributed by atoms with Crippen molar-refractivity contribution in [2.45, 2.75) is 25.3 Å². The van der Waals surface area contributed by atoms with Gasteiger partial charge in [-0.05, 0) is 31.9 Å². The minimum atomic E-state index is -0.649. The standard InChI is InChI=1S/C16H18N4O2/c1-16(11-17)7-6-12(15(21)22-2)10-19(16)14-9-18-20-8-4-3-5-13(14)20/h3-5,8-9,12H,6-7,10H2,1-2H3/t12-,16-/m1/s1. The predicted octanol–water partition coefficient (Wildman–Crippen LogP) is 2.01. The maximum atomic E-state index is 11.9. The average molecular weight is 298 g/mol. The van der Waals surface area contributed by atoms with E-state index in [9.17, 15) is 10.1 Å². The number of hydrogen-bond acceptors (Lipinski definition) is 5. The summed E-state index contributed by atoms with van der Waals surface area (Å²) < 4.78 is 6.65. The summed E-state index contributed by atoms with van der Waals surface area (Å²) in [5, 5.41) is 14.0. The normalized spacial score (nSPS) is 25.0. The van der Waals surface area contributed by atoms with Crippen LogP contribution in [0.2, 0.25) is 0 Å². The first kappa shape index (κ1) is 14.4. The molecule has 6 heteroatoms. The molecule has 114 valence electrons. The molecule has 0 spiro atoms. The Morgan fingerprint density at radius 1 is 1.55 bits per heavy atom. The third kappa shape index (κ3) is 2.19. The van der Waals surface area contributed by atoms with Gasteiger partial charge in [0.1, 0.15) is 5.54 Å². The Kier molecular flexibility index (Phi) is 3.49. The molecule has 0 saturated carbocycles. The Morgan fingerprint density at radius 3 is 3.09 bits per heavy atom. The number of anilines is 1. The van der Waals surface area contributed by atoms with Crippen LogP contribution in [0.5, 0.6) is 0 Å². The smallest absolute Gasteiger partial charge is 0.310 e. The van der Waals surface area contributed by atoms with Crippen LogP contribution >= 0.6 is 0 Å². The van der Waals surface area contributed by atoms with E-state index in [2.05, 4.69) is 11.2 Å². The topological polar surface area (TPSA) is 70.6 Å². The second-order valence-electron chi connectivity index (χ2n) is 5.82. The molecule has 0 aliphatic carbocycles. The number of pyridine rings is 1. The first-order chi connectivity index (χ1) is 10.6. The maximum Gasteiger partial charge on any atom is 0.310 e. The number of nitrogens with zero attached hydrogens (tertiary/aromatic N) is 4. The minimum absolute atomic E-state index is 0.218. The van der Waals surface area contributed by atoms with Gasteiger partial charge in [-0.2, -0.15) is 10.4 Å². The lowest BCUT2D eigenvalue weighted by molar-refractivity contribution is -0.145. The van der Waals surface area contributed by atoms with E-state index in [-0.39, 0.29) is 11.9 Å². The molecule has 22 heavy (non-hydrogen) atoms. The second kappa shape index (κ2) is 5.34. The van der Waals surface area contributed by atoms with Gasteiger partial charge in [0, 0.05) is 12.7 Å². The molecule has 2 aromatic heterocycles. The van der Waals surface area contributed by atoms with Crippen LogP contribution in [0.3, 0.4) is 0 Å². The molecule has 3 heterocycles. The fraction of sp³-hybridized carbons (Fsp3) is 0.438. The number of carbonyl (C=O) groups excluding carboxylic acids is 1. The van der Waals surface area contributed by atoms with E-state index >= 15 is 0 Å². The largest absolute Gasteiger partial charge is 0.469 e. The summed E-state index contributed by atoms with van der Waals surface area (Å²) in [6.07, 6.45) is 4.90. The van der Waals surface area contributed by atoms with Gasteiger partial charge in [-0.15, -0.1) is 0 Å². The number of methoxy groups -OCH3 is 1. The zero-order chi connectivity index (χ0) is 15.7. The summed E-state index contributed by atoms with van der Waals surface area (Å²) in [6.45, 7) is 2.37. The molecule has 0 aromatic carbocycles. The molecule has 0 N–H and O–H groups in total. The van der Waals surface area contributed by atoms with Gasteiger partial charge in [-0.3, -0.25) is 4.79 Å². The van der Waals surface area contributed by atoms with Crippen molar-refractivity contribution < 1.29 is 9.53 Å². The lowest BCUT2D eigenvalue weighted by Crippen LogP contribution is -2.53. The van der Waals surface area contributed by atoms with Gasteiger partial charge in [-0.1, -0.05) is 6.07 Å². The molecule has 2 aromatic rings. The van der Waals surface area contributed by atoms with Crippen LogP contribution in [-0.2, 0) is 9.53 Å². The van der Waals surface area contributed by atoms with Crippen LogP contribution in [0.1, 0.15) is 19.8 Å². The van der Waals surface area contributed by atoms with Crippen molar-refractivity contribution in [3.63, 3.8) is 0 Å². The minimum Gasteiger partial charge on any atom is -0.469 e. The molecule has 1 aliphatic heterocycles. The van der Waals surface area contributed by atoms with Crippen molar-refractivity contribution in [2.24, 2.45) is 5.92 Å². The molecule has 1 saturated heterocycles. The highest BCUT2D eigenvalue weighted by Gasteiger charge is 2.41. The van der Waals surface area contributed by atoms with Gasteiger partial charge in [0.15, 0.2) is 0 Å². The molecule has 0 amide bonds. The van der Waals surface area contributed by atoms with Crippen molar-refractivity contribution in [1.29, 1.82) is 5.26 Å². The van der Waals surface area contributed by atoms with E-state index in [0.717, 1.165) is 11.2 Å². The number of carbonyl (C=O) groups is 1. The SMILES string of the molecule is COC(=O)[C@@H]1CC[C@](C)(C#N)N(c2cnn3ccccc23)C1. The van der Waals surface area contributed by atoms with Gasteiger partial charge in [0.25, 0.3) is 0 Å². The lowest BCUT2D eigenvalue weighted by Gasteiger charge is -2.43. The molecular formula is C16H18N4O2. The summed E-state index contributed by atoms with van der Waals surface area (Å²) in [5.74, 6) is -0.438. The van der Waals surface area contributed by atoms with Crippen LogP contribution in [0.15, 0.2) is 30.6 Å². The zero-order valence-corrected chi connectivity index (χ0v) is 12.7. The van der Waals surface area contributed by atoms with Crippen molar-refractivity contribution >= 4 is 17.2 Å². The van der Waals surface area contributed by atoms with E-state index in [1.165, 1.54) is 7.11 Å². The van der Waals surface area contributed by atoms with Gasteiger partial charge in [0.05, 0.1) is 36.5 Å². The first-order valence-electron chi connectivity index (χ1n) is 7.28. The monoisotopic (exact) mass is 298 g/mol. The van der Waals surface area contributed by atoms with E-state index in [4.69, 9.17) is 4.74 Å². The number of ether oxygens (including phenoxy) is 1. The van der Waals surface area contributed by atoms with Crippen molar-refractivity contribution in [3.8, 4) is 6.07 Å². The van der Waals surface area contributed by atoms with Crippen LogP contribution in [0, 0.1) is 17.2 Å². The van der Waals surface area contributed by atoms with Crippen LogP contribution < -0.4 is 4.90 Å². The van der Waals surface area contributed by atoms with Crippen LogP contribution in [-0.4, -0.2) is 34.8 Å². The molecule has 0 radical (unpaired) electrons. The highest BCUT2D eigenvalue weighted by molar-refractivity contribution is 5.77. The number of nitriles is 1. The van der Waals surface area contributed by atoms with Crippen molar-refractivity contribution in [1.82, 2.24) is 9.61 Å². The van der Waals surface area contributed by atoms with Crippen molar-refractivity contribution in [3.05, 3.63) is 30.6 Å². The summed E-state index contributed by atoms with van der Waals surface area (Å²) in [5.41, 5.74) is 1.15. The van der Waals surface area contributed by atoms with Crippen LogP contribution in [0.25, 0.3) is 5.52 Å². The van der Waals surface area contributed by atoms with Crippen LogP contribution in [0.4, 0.5) is 5.69 Å². The summed E-state index contributed by atoms with van der Waals surface area (Å²) >= 11 is 0. The quantitative estimate of drug-likeness (QED) is 0.793. The molecule has 6 nitrogen and oxygen atoms in total. The van der Waals surface area contributed by atoms with Gasteiger partial charge >= 0.3 is 5.97 Å².